The summed E-state index contributed by atoms with van der Waals surface area (Å²) in [5, 5.41) is 0.236. The van der Waals surface area contributed by atoms with Crippen LogP contribution < -0.4 is 0 Å². The van der Waals surface area contributed by atoms with Crippen LogP contribution in [0.15, 0.2) is 23.1 Å². The minimum absolute atomic E-state index is 0.189. The van der Waals surface area contributed by atoms with Crippen LogP contribution in [0.1, 0.15) is 12.5 Å². The summed E-state index contributed by atoms with van der Waals surface area (Å²) in [6.45, 7) is 1.45. The summed E-state index contributed by atoms with van der Waals surface area (Å²) in [4.78, 5) is 36.5. The molecule has 22 heavy (non-hydrogen) atoms. The number of imide groups is 1. The minimum Gasteiger partial charge on any atom is -0.465 e. The SMILES string of the molecule is CCOC(=O)CN1C(=O)SC(=Cc2ccc(Cl)c(Cl)c2)C1=O. The third-order valence-electron chi connectivity index (χ3n) is 2.71. The average molecular weight is 360 g/mol. The van der Waals surface area contributed by atoms with Crippen molar-refractivity contribution in [3.63, 3.8) is 0 Å². The number of thioether (sulfide) groups is 1. The van der Waals surface area contributed by atoms with E-state index in [1.54, 1.807) is 25.1 Å². The zero-order chi connectivity index (χ0) is 16.3. The normalized spacial score (nSPS) is 16.5. The van der Waals surface area contributed by atoms with Gasteiger partial charge in [0, 0.05) is 0 Å². The average Bonchev–Trinajstić information content (AvgIpc) is 2.71. The highest BCUT2D eigenvalue weighted by Gasteiger charge is 2.36. The number of esters is 1. The monoisotopic (exact) mass is 359 g/mol. The molecule has 116 valence electrons. The van der Waals surface area contributed by atoms with Crippen LogP contribution in [0.5, 0.6) is 0 Å². The second kappa shape index (κ2) is 7.17. The Balaban J connectivity index is 2.18. The molecule has 8 heteroatoms. The summed E-state index contributed by atoms with van der Waals surface area (Å²) in [5.74, 6) is -1.16. The van der Waals surface area contributed by atoms with Gasteiger partial charge in [0.1, 0.15) is 6.54 Å². The van der Waals surface area contributed by atoms with E-state index in [9.17, 15) is 14.4 Å². The molecule has 0 spiro atoms. The molecule has 0 aromatic heterocycles. The van der Waals surface area contributed by atoms with Crippen LogP contribution in [-0.2, 0) is 14.3 Å². The van der Waals surface area contributed by atoms with Crippen molar-refractivity contribution in [1.82, 2.24) is 4.90 Å². The Morgan fingerprint density at radius 3 is 2.68 bits per heavy atom. The maximum Gasteiger partial charge on any atom is 0.326 e. The van der Waals surface area contributed by atoms with E-state index in [1.807, 2.05) is 0 Å². The smallest absolute Gasteiger partial charge is 0.326 e. The minimum atomic E-state index is -0.624. The van der Waals surface area contributed by atoms with E-state index in [0.717, 1.165) is 16.7 Å². The van der Waals surface area contributed by atoms with E-state index in [4.69, 9.17) is 27.9 Å². The number of rotatable bonds is 4. The number of ether oxygens (including phenoxy) is 1. The summed E-state index contributed by atoms with van der Waals surface area (Å²) in [5.41, 5.74) is 0.635. The van der Waals surface area contributed by atoms with Gasteiger partial charge < -0.3 is 4.74 Å². The van der Waals surface area contributed by atoms with E-state index >= 15 is 0 Å². The van der Waals surface area contributed by atoms with Crippen molar-refractivity contribution in [2.75, 3.05) is 13.2 Å². The second-order valence-electron chi connectivity index (χ2n) is 4.25. The maximum atomic E-state index is 12.2. The number of carbonyl (C=O) groups is 3. The molecule has 1 saturated heterocycles. The first-order valence-electron chi connectivity index (χ1n) is 6.28. The van der Waals surface area contributed by atoms with Gasteiger partial charge in [0.15, 0.2) is 0 Å². The summed E-state index contributed by atoms with van der Waals surface area (Å²) >= 11 is 12.5. The molecule has 1 aromatic carbocycles. The molecule has 0 atom stereocenters. The van der Waals surface area contributed by atoms with Crippen LogP contribution in [0.25, 0.3) is 6.08 Å². The van der Waals surface area contributed by atoms with Crippen molar-refractivity contribution in [2.24, 2.45) is 0 Å². The molecule has 0 aliphatic carbocycles. The third-order valence-corrected chi connectivity index (χ3v) is 4.35. The van der Waals surface area contributed by atoms with E-state index < -0.39 is 23.7 Å². The Morgan fingerprint density at radius 1 is 1.32 bits per heavy atom. The molecule has 1 aliphatic rings. The lowest BCUT2D eigenvalue weighted by Gasteiger charge is -2.10. The van der Waals surface area contributed by atoms with Crippen LogP contribution in [0, 0.1) is 0 Å². The molecule has 1 heterocycles. The second-order valence-corrected chi connectivity index (χ2v) is 6.05. The van der Waals surface area contributed by atoms with Crippen LogP contribution >= 0.6 is 35.0 Å². The molecule has 1 fully saturated rings. The molecule has 0 N–H and O–H groups in total. The summed E-state index contributed by atoms with van der Waals surface area (Å²) in [6.07, 6.45) is 1.53. The number of nitrogens with zero attached hydrogens (tertiary/aromatic N) is 1. The number of carbonyl (C=O) groups excluding carboxylic acids is 3. The molecule has 1 aliphatic heterocycles. The Hall–Kier alpha value is -1.50. The Kier molecular flexibility index (Phi) is 5.50. The van der Waals surface area contributed by atoms with E-state index in [2.05, 4.69) is 0 Å². The van der Waals surface area contributed by atoms with Crippen molar-refractivity contribution < 1.29 is 19.1 Å². The van der Waals surface area contributed by atoms with Crippen molar-refractivity contribution in [3.05, 3.63) is 38.7 Å². The zero-order valence-electron chi connectivity index (χ0n) is 11.5. The molecule has 0 unspecified atom stereocenters. The fourth-order valence-corrected chi connectivity index (χ4v) is 2.87. The van der Waals surface area contributed by atoms with Crippen molar-refractivity contribution >= 4 is 58.2 Å². The van der Waals surface area contributed by atoms with Crippen LogP contribution in [-0.4, -0.2) is 35.2 Å². The first-order valence-corrected chi connectivity index (χ1v) is 7.85. The molecule has 5 nitrogen and oxygen atoms in total. The highest BCUT2D eigenvalue weighted by atomic mass is 35.5. The molecule has 0 saturated carbocycles. The Labute approximate surface area is 141 Å². The number of hydrogen-bond donors (Lipinski definition) is 0. The standard InChI is InChI=1S/C14H11Cl2NO4S/c1-2-21-12(18)7-17-13(19)11(22-14(17)20)6-8-3-4-9(15)10(16)5-8/h3-6H,2,7H2,1H3. The maximum absolute atomic E-state index is 12.2. The van der Waals surface area contributed by atoms with Crippen LogP contribution in [0.2, 0.25) is 10.0 Å². The van der Waals surface area contributed by atoms with Gasteiger partial charge in [-0.25, -0.2) is 0 Å². The van der Waals surface area contributed by atoms with E-state index in [1.165, 1.54) is 6.08 Å². The van der Waals surface area contributed by atoms with Crippen molar-refractivity contribution in [2.45, 2.75) is 6.92 Å². The largest absolute Gasteiger partial charge is 0.465 e. The molecule has 0 radical (unpaired) electrons. The van der Waals surface area contributed by atoms with Crippen LogP contribution in [0.3, 0.4) is 0 Å². The summed E-state index contributed by atoms with van der Waals surface area (Å²) < 4.78 is 4.74. The van der Waals surface area contributed by atoms with Crippen LogP contribution in [0.4, 0.5) is 4.79 Å². The van der Waals surface area contributed by atoms with E-state index in [0.29, 0.717) is 15.6 Å². The highest BCUT2D eigenvalue weighted by Crippen LogP contribution is 2.33. The highest BCUT2D eigenvalue weighted by molar-refractivity contribution is 8.18. The molecular weight excluding hydrogens is 349 g/mol. The van der Waals surface area contributed by atoms with Gasteiger partial charge in [-0.05, 0) is 42.5 Å². The van der Waals surface area contributed by atoms with Gasteiger partial charge >= 0.3 is 5.97 Å². The van der Waals surface area contributed by atoms with Gasteiger partial charge in [-0.2, -0.15) is 0 Å². The van der Waals surface area contributed by atoms with Gasteiger partial charge in [-0.1, -0.05) is 29.3 Å². The van der Waals surface area contributed by atoms with E-state index in [-0.39, 0.29) is 11.5 Å². The van der Waals surface area contributed by atoms with Gasteiger partial charge in [-0.15, -0.1) is 0 Å². The number of benzene rings is 1. The molecule has 0 bridgehead atoms. The summed E-state index contributed by atoms with van der Waals surface area (Å²) in [7, 11) is 0. The zero-order valence-corrected chi connectivity index (χ0v) is 13.8. The Morgan fingerprint density at radius 2 is 2.05 bits per heavy atom. The number of hydrogen-bond acceptors (Lipinski definition) is 5. The predicted molar refractivity (Wildman–Crippen MR) is 85.8 cm³/mol. The fraction of sp³-hybridized carbons (Fsp3) is 0.214. The third kappa shape index (κ3) is 3.82. The van der Waals surface area contributed by atoms with Crippen molar-refractivity contribution in [3.8, 4) is 0 Å². The first-order chi connectivity index (χ1) is 10.4. The summed E-state index contributed by atoms with van der Waals surface area (Å²) in [6, 6.07) is 4.86. The van der Waals surface area contributed by atoms with Gasteiger partial charge in [0.05, 0.1) is 21.6 Å². The van der Waals surface area contributed by atoms with Gasteiger partial charge in [-0.3, -0.25) is 19.3 Å². The lowest BCUT2D eigenvalue weighted by atomic mass is 10.2. The lowest BCUT2D eigenvalue weighted by molar-refractivity contribution is -0.145. The molecule has 1 aromatic rings. The van der Waals surface area contributed by atoms with Crippen molar-refractivity contribution in [1.29, 1.82) is 0 Å². The molecule has 2 rings (SSSR count). The Bertz CT molecular complexity index is 675. The molecular formula is C14H11Cl2NO4S. The predicted octanol–water partition coefficient (Wildman–Crippen LogP) is 3.59. The quantitative estimate of drug-likeness (QED) is 0.607. The number of halogens is 2. The lowest BCUT2D eigenvalue weighted by Crippen LogP contribution is -2.34. The number of amides is 2. The first kappa shape index (κ1) is 16.9. The fourth-order valence-electron chi connectivity index (χ4n) is 1.73. The van der Waals surface area contributed by atoms with Gasteiger partial charge in [0.25, 0.3) is 11.1 Å². The van der Waals surface area contributed by atoms with Gasteiger partial charge in [0.2, 0.25) is 0 Å². The topological polar surface area (TPSA) is 63.7 Å². The molecule has 2 amide bonds.